The van der Waals surface area contributed by atoms with Crippen LogP contribution in [0.2, 0.25) is 0 Å². The first-order valence-corrected chi connectivity index (χ1v) is 2.65. The number of carbonyl (C=O) groups is 2. The van der Waals surface area contributed by atoms with Crippen molar-refractivity contribution >= 4 is 38.1 Å². The first kappa shape index (κ1) is 14.7. The molecule has 0 aromatic rings. The van der Waals surface area contributed by atoms with Crippen LogP contribution in [0.5, 0.6) is 0 Å². The fraction of sp³-hybridized carbons (Fsp3) is 0. The summed E-state index contributed by atoms with van der Waals surface area (Å²) in [5, 5.41) is 23.8. The van der Waals surface area contributed by atoms with Crippen LogP contribution in [0.4, 0.5) is 0 Å². The molecule has 0 aliphatic carbocycles. The van der Waals surface area contributed by atoms with Gasteiger partial charge in [0.25, 0.3) is 12.5 Å². The summed E-state index contributed by atoms with van der Waals surface area (Å²) < 4.78 is 11.6. The molecule has 0 aliphatic heterocycles. The number of nitriles is 2. The Labute approximate surface area is 90.3 Å². The molecule has 0 aromatic heterocycles. The van der Waals surface area contributed by atoms with Crippen LogP contribution in [0.3, 0.4) is 0 Å². The van der Waals surface area contributed by atoms with E-state index in [4.69, 9.17) is 15.6 Å². The zero-order valence-electron chi connectivity index (χ0n) is 5.96. The standard InChI is InChI=1S/C4HBN2O6.Li.H/c6-1-11-5(12-2-7)13-4(10)3(8)9;;/h(H,8,9);;. The van der Waals surface area contributed by atoms with E-state index in [9.17, 15) is 9.59 Å². The zero-order valence-corrected chi connectivity index (χ0v) is 5.96. The Balaban J connectivity index is 0. The van der Waals surface area contributed by atoms with Crippen molar-refractivity contribution in [1.29, 1.82) is 10.5 Å². The minimum atomic E-state index is -1.96. The van der Waals surface area contributed by atoms with Gasteiger partial charge < -0.3 is 19.1 Å². The Morgan fingerprint density at radius 1 is 1.21 bits per heavy atom. The van der Waals surface area contributed by atoms with E-state index in [1.165, 1.54) is 0 Å². The van der Waals surface area contributed by atoms with E-state index in [-0.39, 0.29) is 18.9 Å². The first-order valence-electron chi connectivity index (χ1n) is 2.65. The van der Waals surface area contributed by atoms with Crippen LogP contribution in [0.25, 0.3) is 0 Å². The molecule has 0 saturated carbocycles. The van der Waals surface area contributed by atoms with Gasteiger partial charge in [0.15, 0.2) is 0 Å². The molecule has 0 rings (SSSR count). The van der Waals surface area contributed by atoms with Gasteiger partial charge in [-0.25, -0.2) is 9.59 Å². The SMILES string of the molecule is N#COB(OC#N)OC(=O)C(=O)O.[LiH]. The van der Waals surface area contributed by atoms with Crippen LogP contribution in [-0.4, -0.2) is 43.2 Å². The van der Waals surface area contributed by atoms with Gasteiger partial charge in [0, 0.05) is 0 Å². The van der Waals surface area contributed by atoms with E-state index in [1.54, 1.807) is 0 Å². The Morgan fingerprint density at radius 2 is 1.64 bits per heavy atom. The van der Waals surface area contributed by atoms with Gasteiger partial charge in [0.05, 0.1) is 0 Å². The van der Waals surface area contributed by atoms with E-state index in [1.807, 2.05) is 0 Å². The predicted octanol–water partition coefficient (Wildman–Crippen LogP) is -2.05. The van der Waals surface area contributed by atoms with Crippen molar-refractivity contribution in [3.63, 3.8) is 0 Å². The van der Waals surface area contributed by atoms with E-state index in [2.05, 4.69) is 14.0 Å². The molecular weight excluding hydrogens is 190 g/mol. The van der Waals surface area contributed by atoms with Crippen molar-refractivity contribution in [2.45, 2.75) is 0 Å². The fourth-order valence-electron chi connectivity index (χ4n) is 0.296. The molecule has 0 aromatic carbocycles. The van der Waals surface area contributed by atoms with Crippen LogP contribution in [0.1, 0.15) is 0 Å². The molecule has 10 heteroatoms. The average molecular weight is 192 g/mol. The molecule has 14 heavy (non-hydrogen) atoms. The summed E-state index contributed by atoms with van der Waals surface area (Å²) in [7, 11) is -1.96. The van der Waals surface area contributed by atoms with Crippen LogP contribution in [0, 0.1) is 23.0 Å². The van der Waals surface area contributed by atoms with Gasteiger partial charge in [-0.3, -0.25) is 0 Å². The molecule has 8 nitrogen and oxygen atoms in total. The molecule has 68 valence electrons. The summed E-state index contributed by atoms with van der Waals surface area (Å²) in [4.78, 5) is 20.2. The van der Waals surface area contributed by atoms with Gasteiger partial charge in [-0.1, -0.05) is 0 Å². The predicted molar refractivity (Wildman–Crippen MR) is 40.0 cm³/mol. The van der Waals surface area contributed by atoms with Crippen molar-refractivity contribution in [3.8, 4) is 12.5 Å². The molecular formula is C4H2BLiN2O6. The molecule has 0 saturated heterocycles. The number of hydrogen-bond acceptors (Lipinski definition) is 7. The van der Waals surface area contributed by atoms with Gasteiger partial charge in [-0.15, -0.1) is 0 Å². The van der Waals surface area contributed by atoms with Gasteiger partial charge in [0.2, 0.25) is 0 Å². The normalized spacial score (nSPS) is 6.71. The molecule has 0 amide bonds. The second-order valence-electron chi connectivity index (χ2n) is 1.42. The molecule has 0 radical (unpaired) electrons. The Bertz CT molecular complexity index is 279. The summed E-state index contributed by atoms with van der Waals surface area (Å²) in [6, 6.07) is 0. The number of carbonyl (C=O) groups excluding carboxylic acids is 1. The Morgan fingerprint density at radius 3 is 1.93 bits per heavy atom. The summed E-state index contributed by atoms with van der Waals surface area (Å²) in [5.41, 5.74) is 0. The fourth-order valence-corrected chi connectivity index (χ4v) is 0.296. The molecule has 0 unspecified atom stereocenters. The van der Waals surface area contributed by atoms with Gasteiger partial charge in [0.1, 0.15) is 0 Å². The van der Waals surface area contributed by atoms with Gasteiger partial charge >= 0.3 is 38.1 Å². The van der Waals surface area contributed by atoms with Crippen molar-refractivity contribution in [2.75, 3.05) is 0 Å². The molecule has 0 fully saturated rings. The van der Waals surface area contributed by atoms with Crippen LogP contribution in [-0.2, 0) is 23.6 Å². The average Bonchev–Trinajstić information content (AvgIpc) is 2.05. The van der Waals surface area contributed by atoms with Crippen LogP contribution < -0.4 is 0 Å². The quantitative estimate of drug-likeness (QED) is 0.307. The summed E-state index contributed by atoms with van der Waals surface area (Å²) in [6.45, 7) is 0. The summed E-state index contributed by atoms with van der Waals surface area (Å²) in [6.07, 6.45) is 2.10. The molecule has 0 atom stereocenters. The molecule has 0 bridgehead atoms. The minimum absolute atomic E-state index is 0. The number of nitrogens with zero attached hydrogens (tertiary/aromatic N) is 2. The summed E-state index contributed by atoms with van der Waals surface area (Å²) >= 11 is 0. The van der Waals surface area contributed by atoms with E-state index in [0.717, 1.165) is 12.5 Å². The van der Waals surface area contributed by atoms with E-state index < -0.39 is 19.3 Å². The van der Waals surface area contributed by atoms with E-state index >= 15 is 0 Å². The van der Waals surface area contributed by atoms with Crippen molar-refractivity contribution < 1.29 is 28.7 Å². The molecule has 0 aliphatic rings. The van der Waals surface area contributed by atoms with Crippen molar-refractivity contribution in [2.24, 2.45) is 0 Å². The second kappa shape index (κ2) is 7.81. The molecule has 0 spiro atoms. The van der Waals surface area contributed by atoms with Crippen LogP contribution >= 0.6 is 0 Å². The topological polar surface area (TPSA) is 130 Å². The van der Waals surface area contributed by atoms with E-state index in [0.29, 0.717) is 0 Å². The van der Waals surface area contributed by atoms with Crippen molar-refractivity contribution in [1.82, 2.24) is 0 Å². The third-order valence-electron chi connectivity index (χ3n) is 0.676. The van der Waals surface area contributed by atoms with Crippen molar-refractivity contribution in [3.05, 3.63) is 0 Å². The summed E-state index contributed by atoms with van der Waals surface area (Å²) in [5.74, 6) is -3.59. The number of carboxylic acid groups (broad SMARTS) is 1. The maximum absolute atomic E-state index is 10.3. The number of hydrogen-bond donors (Lipinski definition) is 1. The number of rotatable bonds is 3. The number of carboxylic acids is 1. The van der Waals surface area contributed by atoms with Gasteiger partial charge in [-0.2, -0.15) is 10.5 Å². The zero-order chi connectivity index (χ0) is 10.3. The molecule has 0 heterocycles. The Kier molecular flexibility index (Phi) is 8.20. The third kappa shape index (κ3) is 5.78. The monoisotopic (exact) mass is 192 g/mol. The second-order valence-corrected chi connectivity index (χ2v) is 1.42. The van der Waals surface area contributed by atoms with Gasteiger partial charge in [-0.05, 0) is 0 Å². The maximum atomic E-state index is 10.3. The third-order valence-corrected chi connectivity index (χ3v) is 0.676. The Hall–Kier alpha value is -1.82. The number of aliphatic carboxylic acids is 1. The molecule has 1 N–H and O–H groups in total. The van der Waals surface area contributed by atoms with Crippen LogP contribution in [0.15, 0.2) is 0 Å². The first-order chi connectivity index (χ1) is 6.11.